The van der Waals surface area contributed by atoms with Gasteiger partial charge in [-0.05, 0) is 24.6 Å². The number of hydrogen-bond donors (Lipinski definition) is 0. The fourth-order valence-corrected chi connectivity index (χ4v) is 3.48. The smallest absolute Gasteiger partial charge is 0.238 e. The molecule has 2 aliphatic rings. The van der Waals surface area contributed by atoms with E-state index in [2.05, 4.69) is 6.08 Å². The number of amides is 2. The maximum Gasteiger partial charge on any atom is 0.238 e. The van der Waals surface area contributed by atoms with Crippen LogP contribution in [0, 0.1) is 11.8 Å². The van der Waals surface area contributed by atoms with Crippen LogP contribution in [0.3, 0.4) is 0 Å². The monoisotopic (exact) mass is 450 g/mol. The summed E-state index contributed by atoms with van der Waals surface area (Å²) < 4.78 is 61.2. The number of carbonyl (C=O) groups is 2. The summed E-state index contributed by atoms with van der Waals surface area (Å²) in [4.78, 5) is 26.8. The first-order valence-corrected chi connectivity index (χ1v) is 10.9. The molecule has 2 amide bonds. The van der Waals surface area contributed by atoms with Crippen LogP contribution < -0.4 is 9.47 Å². The second-order valence-electron chi connectivity index (χ2n) is 6.94. The van der Waals surface area contributed by atoms with Gasteiger partial charge in [0, 0.05) is 18.6 Å². The fourth-order valence-electron chi connectivity index (χ4n) is 3.48. The number of nitrogens with zero attached hydrogens (tertiary/aromatic N) is 2. The van der Waals surface area contributed by atoms with Crippen LogP contribution in [-0.2, 0) is 9.59 Å². The van der Waals surface area contributed by atoms with Gasteiger partial charge in [-0.2, -0.15) is 4.57 Å². The number of rotatable bonds is 2. The van der Waals surface area contributed by atoms with Gasteiger partial charge in [-0.3, -0.25) is 14.5 Å². The average molecular weight is 450 g/mol. The van der Waals surface area contributed by atoms with E-state index in [0.29, 0.717) is 18.5 Å². The van der Waals surface area contributed by atoms with Gasteiger partial charge >= 0.3 is 33.0 Å². The van der Waals surface area contributed by atoms with Gasteiger partial charge in [0.15, 0.2) is 18.1 Å². The zero-order chi connectivity index (χ0) is 22.2. The van der Waals surface area contributed by atoms with Gasteiger partial charge < -0.3 is 0 Å². The Morgan fingerprint density at radius 2 is 1.30 bits per heavy atom. The number of pyridine rings is 1. The van der Waals surface area contributed by atoms with Crippen LogP contribution in [-0.4, -0.2) is 11.8 Å². The topological polar surface area (TPSA) is 41.3 Å². The Balaban J connectivity index is 0.000000318. The molecule has 1 aliphatic carbocycles. The second kappa shape index (κ2) is 6.91. The predicted molar refractivity (Wildman–Crippen MR) is 99.6 cm³/mol. The number of allylic oxidation sites excluding steroid dienone is 2. The van der Waals surface area contributed by atoms with Crippen molar-refractivity contribution in [2.24, 2.45) is 11.8 Å². The van der Waals surface area contributed by atoms with Crippen molar-refractivity contribution in [3.8, 4) is 0 Å². The van der Waals surface area contributed by atoms with Crippen LogP contribution in [0.4, 0.5) is 30.9 Å². The summed E-state index contributed by atoms with van der Waals surface area (Å²) in [5, 5.41) is 0. The second-order valence-corrected chi connectivity index (χ2v) is 8.85. The van der Waals surface area contributed by atoms with E-state index in [-0.39, 0.29) is 23.7 Å². The molecule has 1 aromatic carbocycles. The van der Waals surface area contributed by atoms with Crippen molar-refractivity contribution >= 4 is 31.0 Å². The van der Waals surface area contributed by atoms with E-state index in [1.807, 2.05) is 65.5 Å². The molecule has 30 heavy (non-hydrogen) atoms. The number of para-hydroxylation sites is 1. The number of aromatic nitrogens is 1. The minimum atomic E-state index is -10.7. The van der Waals surface area contributed by atoms with Gasteiger partial charge in [-0.15, -0.1) is 0 Å². The molecule has 0 bridgehead atoms. The number of benzene rings is 1. The Morgan fingerprint density at radius 1 is 0.800 bits per heavy atom. The molecule has 11 heteroatoms. The van der Waals surface area contributed by atoms with Crippen molar-refractivity contribution in [1.29, 1.82) is 0 Å². The molecule has 1 saturated heterocycles. The van der Waals surface area contributed by atoms with E-state index < -0.39 is 7.81 Å². The van der Waals surface area contributed by atoms with Crippen LogP contribution >= 0.6 is 7.81 Å². The first kappa shape index (κ1) is 22.0. The van der Waals surface area contributed by atoms with Gasteiger partial charge in [0.25, 0.3) is 0 Å². The molecule has 4 nitrogen and oxygen atoms in total. The Labute approximate surface area is 167 Å². The molecule has 0 N–H and O–H groups in total. The number of anilines is 1. The van der Waals surface area contributed by atoms with Crippen LogP contribution in [0.2, 0.25) is 0 Å². The van der Waals surface area contributed by atoms with E-state index in [1.54, 1.807) is 0 Å². The first-order valence-electron chi connectivity index (χ1n) is 8.85. The van der Waals surface area contributed by atoms with Crippen molar-refractivity contribution in [3.05, 3.63) is 67.0 Å². The van der Waals surface area contributed by atoms with Crippen LogP contribution in [0.1, 0.15) is 12.8 Å². The van der Waals surface area contributed by atoms with Gasteiger partial charge in [0.1, 0.15) is 0 Å². The minimum absolute atomic E-state index is 0.0699. The molecule has 2 unspecified atom stereocenters. The average Bonchev–Trinajstić information content (AvgIpc) is 2.91. The molecule has 4 rings (SSSR count). The molecule has 0 saturated carbocycles. The third-order valence-electron chi connectivity index (χ3n) is 4.66. The normalized spacial score (nSPS) is 23.5. The number of imide groups is 1. The Morgan fingerprint density at radius 3 is 1.87 bits per heavy atom. The summed E-state index contributed by atoms with van der Waals surface area (Å²) in [6.45, 7) is 0. The predicted octanol–water partition coefficient (Wildman–Crippen LogP) is 5.80. The van der Waals surface area contributed by atoms with Crippen LogP contribution in [0.5, 0.6) is 0 Å². The molecule has 1 aliphatic heterocycles. The van der Waals surface area contributed by atoms with E-state index >= 15 is 0 Å². The SMILES string of the molecule is F[P-](F)(F)(F)(F)F.O=C1C2CC=C([n+]3ccccc3)CC2C(=O)N1c1ccccc1. The molecular weight excluding hydrogens is 433 g/mol. The maximum absolute atomic E-state index is 12.8. The quantitative estimate of drug-likeness (QED) is 0.251. The third-order valence-corrected chi connectivity index (χ3v) is 4.66. The number of carbonyl (C=O) groups excluding carboxylic acids is 2. The molecule has 1 fully saturated rings. The molecule has 0 radical (unpaired) electrons. The van der Waals surface area contributed by atoms with Crippen LogP contribution in [0.25, 0.3) is 5.70 Å². The largest absolute Gasteiger partial charge is 0.274 e. The summed E-state index contributed by atoms with van der Waals surface area (Å²) in [6.07, 6.45) is 7.26. The first-order chi connectivity index (χ1) is 13.7. The summed E-state index contributed by atoms with van der Waals surface area (Å²) in [5.41, 5.74) is 1.76. The minimum Gasteiger partial charge on any atom is -0.274 e. The zero-order valence-electron chi connectivity index (χ0n) is 15.3. The Bertz CT molecular complexity index is 983. The summed E-state index contributed by atoms with van der Waals surface area (Å²) in [6, 6.07) is 15.1. The van der Waals surface area contributed by atoms with Crippen molar-refractivity contribution < 1.29 is 39.3 Å². The Kier molecular flexibility index (Phi) is 5.05. The van der Waals surface area contributed by atoms with Gasteiger partial charge in [-0.25, -0.2) is 0 Å². The van der Waals surface area contributed by atoms with Crippen molar-refractivity contribution in [1.82, 2.24) is 0 Å². The molecule has 1 aromatic heterocycles. The zero-order valence-corrected chi connectivity index (χ0v) is 16.2. The molecule has 162 valence electrons. The van der Waals surface area contributed by atoms with Crippen molar-refractivity contribution in [3.63, 3.8) is 0 Å². The summed E-state index contributed by atoms with van der Waals surface area (Å²) >= 11 is 0. The fraction of sp³-hybridized carbons (Fsp3) is 0.211. The van der Waals surface area contributed by atoms with Gasteiger partial charge in [0.05, 0.1) is 17.5 Å². The molecule has 2 heterocycles. The van der Waals surface area contributed by atoms with Gasteiger partial charge in [-0.1, -0.05) is 24.3 Å². The maximum atomic E-state index is 12.8. The number of hydrogen-bond acceptors (Lipinski definition) is 2. The molecule has 2 aromatic rings. The van der Waals surface area contributed by atoms with Crippen molar-refractivity contribution in [2.75, 3.05) is 4.90 Å². The van der Waals surface area contributed by atoms with E-state index in [9.17, 15) is 34.8 Å². The van der Waals surface area contributed by atoms with E-state index in [1.165, 1.54) is 4.90 Å². The summed E-state index contributed by atoms with van der Waals surface area (Å²) in [5.74, 6) is -0.626. The van der Waals surface area contributed by atoms with E-state index in [4.69, 9.17) is 0 Å². The standard InChI is InChI=1S/C19H17N2O2.F6P/c22-18-16-10-9-15(20-11-5-2-6-12-20)13-17(16)19(23)21(18)14-7-3-1-4-8-14;1-7(2,3,4,5)6/h1-9,11-12,16-17H,10,13H2;/q+1;-1. The molecule has 2 atom stereocenters. The van der Waals surface area contributed by atoms with Gasteiger partial charge in [0.2, 0.25) is 11.8 Å². The third kappa shape index (κ3) is 5.89. The molecular formula is C19H17F6N2O2P. The Hall–Kier alpha value is -2.74. The van der Waals surface area contributed by atoms with Crippen LogP contribution in [0.15, 0.2) is 67.0 Å². The number of halogens is 6. The van der Waals surface area contributed by atoms with E-state index in [0.717, 1.165) is 5.70 Å². The number of fused-ring (bicyclic) bond motifs is 1. The summed E-state index contributed by atoms with van der Waals surface area (Å²) in [7, 11) is -10.7. The molecule has 0 spiro atoms. The van der Waals surface area contributed by atoms with Crippen molar-refractivity contribution in [2.45, 2.75) is 12.8 Å².